The Hall–Kier alpha value is -1.03. The summed E-state index contributed by atoms with van der Waals surface area (Å²) in [5.74, 6) is 2.28. The minimum atomic E-state index is -1.91. The summed E-state index contributed by atoms with van der Waals surface area (Å²) in [6, 6.07) is 5.68. The first kappa shape index (κ1) is 10.5. The van der Waals surface area contributed by atoms with Crippen LogP contribution in [0.2, 0.25) is 0 Å². The Bertz CT molecular complexity index is 477. The van der Waals surface area contributed by atoms with Crippen molar-refractivity contribution in [2.75, 3.05) is 18.6 Å². The zero-order valence-electron chi connectivity index (χ0n) is 9.03. The Balaban J connectivity index is 2.38. The van der Waals surface area contributed by atoms with Gasteiger partial charge in [-0.05, 0) is 25.0 Å². The van der Waals surface area contributed by atoms with E-state index in [1.165, 1.54) is 0 Å². The second-order valence-electron chi connectivity index (χ2n) is 3.78. The van der Waals surface area contributed by atoms with Crippen molar-refractivity contribution in [2.45, 2.75) is 13.3 Å². The van der Waals surface area contributed by atoms with Gasteiger partial charge in [-0.1, -0.05) is 6.07 Å². The number of hydrogen-bond donors (Lipinski definition) is 0. The van der Waals surface area contributed by atoms with Crippen LogP contribution in [0.5, 0.6) is 5.75 Å². The van der Waals surface area contributed by atoms with Crippen molar-refractivity contribution < 1.29 is 8.95 Å². The molecule has 0 radical (unpaired) electrons. The van der Waals surface area contributed by atoms with Crippen LogP contribution in [-0.4, -0.2) is 22.8 Å². The number of benzene rings is 1. The van der Waals surface area contributed by atoms with Crippen molar-refractivity contribution in [2.24, 2.45) is 4.36 Å². The van der Waals surface area contributed by atoms with Gasteiger partial charge in [-0.3, -0.25) is 0 Å². The molecule has 1 fully saturated rings. The van der Waals surface area contributed by atoms with Crippen LogP contribution >= 0.6 is 0 Å². The number of hydrogen-bond acceptors (Lipinski definition) is 3. The standard InChI is InChI=1S/C11H15NO2S/c1-9-4-5-10(8-11(9)14-2)12-15(13)6-3-7-15/h4-5,8H,3,6-7H2,1-2H3. The van der Waals surface area contributed by atoms with Crippen LogP contribution in [0.15, 0.2) is 22.6 Å². The van der Waals surface area contributed by atoms with Crippen molar-refractivity contribution >= 4 is 15.4 Å². The molecule has 4 heteroatoms. The van der Waals surface area contributed by atoms with Crippen LogP contribution in [-0.2, 0) is 9.73 Å². The minimum Gasteiger partial charge on any atom is -0.496 e. The van der Waals surface area contributed by atoms with E-state index in [9.17, 15) is 4.21 Å². The molecule has 1 heterocycles. The maximum absolute atomic E-state index is 11.9. The van der Waals surface area contributed by atoms with Gasteiger partial charge in [0.05, 0.1) is 22.5 Å². The maximum Gasteiger partial charge on any atom is 0.123 e. The lowest BCUT2D eigenvalue weighted by Crippen LogP contribution is -2.22. The summed E-state index contributed by atoms with van der Waals surface area (Å²) in [6.07, 6.45) is 1.03. The Morgan fingerprint density at radius 3 is 2.67 bits per heavy atom. The van der Waals surface area contributed by atoms with Gasteiger partial charge in [0.2, 0.25) is 0 Å². The molecule has 0 atom stereocenters. The van der Waals surface area contributed by atoms with E-state index in [-0.39, 0.29) is 0 Å². The Morgan fingerprint density at radius 1 is 1.40 bits per heavy atom. The van der Waals surface area contributed by atoms with Gasteiger partial charge in [-0.15, -0.1) is 0 Å². The molecule has 0 aromatic heterocycles. The van der Waals surface area contributed by atoms with Crippen molar-refractivity contribution in [3.8, 4) is 5.75 Å². The molecule has 1 aromatic carbocycles. The summed E-state index contributed by atoms with van der Waals surface area (Å²) >= 11 is 0. The Morgan fingerprint density at radius 2 is 2.13 bits per heavy atom. The van der Waals surface area contributed by atoms with Crippen LogP contribution in [0.3, 0.4) is 0 Å². The molecule has 3 nitrogen and oxygen atoms in total. The lowest BCUT2D eigenvalue weighted by atomic mass is 10.2. The van der Waals surface area contributed by atoms with Gasteiger partial charge in [-0.2, -0.15) is 4.36 Å². The van der Waals surface area contributed by atoms with Gasteiger partial charge < -0.3 is 4.74 Å². The topological polar surface area (TPSA) is 38.7 Å². The molecule has 0 saturated carbocycles. The van der Waals surface area contributed by atoms with E-state index < -0.39 is 9.73 Å². The quantitative estimate of drug-likeness (QED) is 0.775. The zero-order valence-corrected chi connectivity index (χ0v) is 9.84. The zero-order chi connectivity index (χ0) is 10.9. The predicted molar refractivity (Wildman–Crippen MR) is 62.3 cm³/mol. The molecular formula is C11H15NO2S. The molecule has 1 aliphatic heterocycles. The molecule has 1 aliphatic rings. The SMILES string of the molecule is COc1cc(N=S2(=O)CCC2)ccc1C. The first-order valence-electron chi connectivity index (χ1n) is 5.00. The second kappa shape index (κ2) is 3.85. The summed E-state index contributed by atoms with van der Waals surface area (Å²) in [4.78, 5) is 0. The summed E-state index contributed by atoms with van der Waals surface area (Å²) in [6.45, 7) is 1.98. The van der Waals surface area contributed by atoms with Crippen LogP contribution < -0.4 is 4.74 Å². The number of methoxy groups -OCH3 is 1. The van der Waals surface area contributed by atoms with Crippen molar-refractivity contribution in [3.05, 3.63) is 23.8 Å². The molecule has 0 amide bonds. The van der Waals surface area contributed by atoms with E-state index in [0.717, 1.165) is 34.9 Å². The first-order chi connectivity index (χ1) is 7.13. The largest absolute Gasteiger partial charge is 0.496 e. The van der Waals surface area contributed by atoms with Crippen LogP contribution in [0.1, 0.15) is 12.0 Å². The van der Waals surface area contributed by atoms with E-state index in [1.54, 1.807) is 7.11 Å². The molecule has 2 rings (SSSR count). The molecule has 0 bridgehead atoms. The number of rotatable bonds is 2. The highest BCUT2D eigenvalue weighted by Crippen LogP contribution is 2.27. The fourth-order valence-corrected chi connectivity index (χ4v) is 3.00. The van der Waals surface area contributed by atoms with Gasteiger partial charge in [0.1, 0.15) is 5.75 Å². The molecule has 0 spiro atoms. The van der Waals surface area contributed by atoms with Crippen LogP contribution in [0.4, 0.5) is 5.69 Å². The molecule has 1 saturated heterocycles. The third-order valence-corrected chi connectivity index (χ3v) is 4.99. The highest BCUT2D eigenvalue weighted by atomic mass is 32.2. The fraction of sp³-hybridized carbons (Fsp3) is 0.455. The number of ether oxygens (including phenoxy) is 1. The highest BCUT2D eigenvalue weighted by Gasteiger charge is 2.19. The molecule has 0 N–H and O–H groups in total. The molecule has 0 unspecified atom stereocenters. The molecule has 0 aliphatic carbocycles. The Labute approximate surface area is 90.6 Å². The lowest BCUT2D eigenvalue weighted by Gasteiger charge is -2.18. The average Bonchev–Trinajstić information content (AvgIpc) is 2.18. The Kier molecular flexibility index (Phi) is 2.69. The summed E-state index contributed by atoms with van der Waals surface area (Å²) in [7, 11) is -0.276. The lowest BCUT2D eigenvalue weighted by molar-refractivity contribution is 0.412. The second-order valence-corrected chi connectivity index (χ2v) is 6.32. The normalized spacial score (nSPS) is 18.0. The van der Waals surface area contributed by atoms with E-state index in [2.05, 4.69) is 4.36 Å². The monoisotopic (exact) mass is 225 g/mol. The maximum atomic E-state index is 11.9. The van der Waals surface area contributed by atoms with E-state index >= 15 is 0 Å². The van der Waals surface area contributed by atoms with Crippen LogP contribution in [0.25, 0.3) is 0 Å². The molecular weight excluding hydrogens is 210 g/mol. The number of nitrogens with zero attached hydrogens (tertiary/aromatic N) is 1. The summed E-state index contributed by atoms with van der Waals surface area (Å²) < 4.78 is 21.4. The van der Waals surface area contributed by atoms with Gasteiger partial charge in [-0.25, -0.2) is 4.21 Å². The van der Waals surface area contributed by atoms with Gasteiger partial charge >= 0.3 is 0 Å². The fourth-order valence-electron chi connectivity index (χ4n) is 1.54. The van der Waals surface area contributed by atoms with E-state index in [0.29, 0.717) is 0 Å². The molecule has 82 valence electrons. The van der Waals surface area contributed by atoms with Crippen molar-refractivity contribution in [1.82, 2.24) is 0 Å². The van der Waals surface area contributed by atoms with E-state index in [1.807, 2.05) is 25.1 Å². The summed E-state index contributed by atoms with van der Waals surface area (Å²) in [5.41, 5.74) is 1.84. The molecule has 15 heavy (non-hydrogen) atoms. The number of aryl methyl sites for hydroxylation is 1. The minimum absolute atomic E-state index is 0.739. The molecule has 1 aromatic rings. The smallest absolute Gasteiger partial charge is 0.123 e. The van der Waals surface area contributed by atoms with E-state index in [4.69, 9.17) is 4.74 Å². The van der Waals surface area contributed by atoms with Gasteiger partial charge in [0, 0.05) is 17.6 Å². The van der Waals surface area contributed by atoms with Crippen molar-refractivity contribution in [1.29, 1.82) is 0 Å². The average molecular weight is 225 g/mol. The predicted octanol–water partition coefficient (Wildman–Crippen LogP) is 2.51. The highest BCUT2D eigenvalue weighted by molar-refractivity contribution is 7.95. The third-order valence-electron chi connectivity index (χ3n) is 2.59. The van der Waals surface area contributed by atoms with Crippen LogP contribution in [0, 0.1) is 6.92 Å². The third kappa shape index (κ3) is 2.15. The van der Waals surface area contributed by atoms with Gasteiger partial charge in [0.25, 0.3) is 0 Å². The first-order valence-corrected chi connectivity index (χ1v) is 6.85. The summed E-state index contributed by atoms with van der Waals surface area (Å²) in [5, 5.41) is 0. The van der Waals surface area contributed by atoms with Gasteiger partial charge in [0.15, 0.2) is 0 Å². The van der Waals surface area contributed by atoms with Crippen molar-refractivity contribution in [3.63, 3.8) is 0 Å².